The second kappa shape index (κ2) is 9.61. The van der Waals surface area contributed by atoms with Gasteiger partial charge >= 0.3 is 0 Å². The van der Waals surface area contributed by atoms with E-state index in [0.29, 0.717) is 12.1 Å². The van der Waals surface area contributed by atoms with Crippen molar-refractivity contribution in [2.45, 2.75) is 26.1 Å². The molecule has 0 radical (unpaired) electrons. The van der Waals surface area contributed by atoms with E-state index in [9.17, 15) is 9.18 Å². The summed E-state index contributed by atoms with van der Waals surface area (Å²) in [7, 11) is 1.81. The van der Waals surface area contributed by atoms with E-state index < -0.39 is 0 Å². The summed E-state index contributed by atoms with van der Waals surface area (Å²) in [5.41, 5.74) is 5.92. The highest BCUT2D eigenvalue weighted by Gasteiger charge is 2.27. The Morgan fingerprint density at radius 1 is 0.971 bits per heavy atom. The molecule has 2 heterocycles. The molecule has 0 fully saturated rings. The standard InChI is InChI=1S/C28H27FN4O/c1-31(28(34)22-10-6-3-7-11-22)20-26-25-19-32(18-21-8-4-2-5-9-21)17-16-27(25)33(30-26)24-14-12-23(29)13-15-24/h2-15H,16-20H2,1H3. The molecule has 1 aliphatic rings. The van der Waals surface area contributed by atoms with Crippen LogP contribution in [0.1, 0.15) is 32.9 Å². The van der Waals surface area contributed by atoms with E-state index in [1.807, 2.05) is 48.1 Å². The number of fused-ring (bicyclic) bond motifs is 1. The van der Waals surface area contributed by atoms with Gasteiger partial charge in [0.2, 0.25) is 0 Å². The van der Waals surface area contributed by atoms with E-state index in [4.69, 9.17) is 5.10 Å². The summed E-state index contributed by atoms with van der Waals surface area (Å²) in [6.07, 6.45) is 0.836. The highest BCUT2D eigenvalue weighted by molar-refractivity contribution is 5.93. The highest BCUT2D eigenvalue weighted by Crippen LogP contribution is 2.27. The fourth-order valence-electron chi connectivity index (χ4n) is 4.54. The zero-order valence-electron chi connectivity index (χ0n) is 19.2. The maximum atomic E-state index is 13.5. The lowest BCUT2D eigenvalue weighted by Gasteiger charge is -2.28. The Balaban J connectivity index is 1.45. The van der Waals surface area contributed by atoms with Crippen LogP contribution in [0.25, 0.3) is 5.69 Å². The molecular formula is C28H27FN4O. The van der Waals surface area contributed by atoms with Gasteiger partial charge in [-0.25, -0.2) is 9.07 Å². The van der Waals surface area contributed by atoms with Crippen molar-refractivity contribution in [3.63, 3.8) is 0 Å². The lowest BCUT2D eigenvalue weighted by atomic mass is 10.0. The monoisotopic (exact) mass is 454 g/mol. The first-order chi connectivity index (χ1) is 16.6. The van der Waals surface area contributed by atoms with E-state index in [0.717, 1.165) is 48.7 Å². The number of benzene rings is 3. The maximum Gasteiger partial charge on any atom is 0.253 e. The summed E-state index contributed by atoms with van der Waals surface area (Å²) in [6, 6.07) is 26.2. The first-order valence-corrected chi connectivity index (χ1v) is 11.5. The van der Waals surface area contributed by atoms with Crippen LogP contribution in [-0.4, -0.2) is 39.1 Å². The first-order valence-electron chi connectivity index (χ1n) is 11.5. The average Bonchev–Trinajstić information content (AvgIpc) is 3.22. The summed E-state index contributed by atoms with van der Waals surface area (Å²) >= 11 is 0. The predicted molar refractivity (Wildman–Crippen MR) is 130 cm³/mol. The minimum Gasteiger partial charge on any atom is -0.336 e. The fourth-order valence-corrected chi connectivity index (χ4v) is 4.54. The second-order valence-corrected chi connectivity index (χ2v) is 8.73. The fraction of sp³-hybridized carbons (Fsp3) is 0.214. The zero-order valence-corrected chi connectivity index (χ0v) is 19.2. The number of hydrogen-bond donors (Lipinski definition) is 0. The highest BCUT2D eigenvalue weighted by atomic mass is 19.1. The molecule has 5 nitrogen and oxygen atoms in total. The van der Waals surface area contributed by atoms with Crippen LogP contribution in [0.15, 0.2) is 84.9 Å². The Bertz CT molecular complexity index is 1270. The van der Waals surface area contributed by atoms with Gasteiger partial charge < -0.3 is 4.90 Å². The van der Waals surface area contributed by atoms with Crippen LogP contribution >= 0.6 is 0 Å². The van der Waals surface area contributed by atoms with Crippen LogP contribution in [0, 0.1) is 5.82 Å². The van der Waals surface area contributed by atoms with Gasteiger partial charge in [-0.15, -0.1) is 0 Å². The van der Waals surface area contributed by atoms with E-state index in [1.54, 1.807) is 17.0 Å². The van der Waals surface area contributed by atoms with Crippen LogP contribution in [0.3, 0.4) is 0 Å². The van der Waals surface area contributed by atoms with Gasteiger partial charge in [0, 0.05) is 44.2 Å². The number of amides is 1. The number of rotatable bonds is 6. The summed E-state index contributed by atoms with van der Waals surface area (Å²) < 4.78 is 15.5. The molecule has 0 atom stereocenters. The SMILES string of the molecule is CN(Cc1nn(-c2ccc(F)cc2)c2c1CN(Cc1ccccc1)CC2)C(=O)c1ccccc1. The smallest absolute Gasteiger partial charge is 0.253 e. The molecular weight excluding hydrogens is 427 g/mol. The van der Waals surface area contributed by atoms with E-state index in [2.05, 4.69) is 29.2 Å². The van der Waals surface area contributed by atoms with Gasteiger partial charge in [-0.2, -0.15) is 5.10 Å². The second-order valence-electron chi connectivity index (χ2n) is 8.73. The van der Waals surface area contributed by atoms with Crippen molar-refractivity contribution in [1.82, 2.24) is 19.6 Å². The maximum absolute atomic E-state index is 13.5. The van der Waals surface area contributed by atoms with Crippen LogP contribution in [0.2, 0.25) is 0 Å². The third kappa shape index (κ3) is 4.63. The molecule has 1 amide bonds. The van der Waals surface area contributed by atoms with Crippen molar-refractivity contribution in [1.29, 1.82) is 0 Å². The molecule has 0 bridgehead atoms. The molecule has 1 aliphatic heterocycles. The summed E-state index contributed by atoms with van der Waals surface area (Å²) in [5, 5.41) is 4.92. The minimum atomic E-state index is -0.271. The summed E-state index contributed by atoms with van der Waals surface area (Å²) in [6.45, 7) is 2.94. The van der Waals surface area contributed by atoms with Crippen LogP contribution < -0.4 is 0 Å². The van der Waals surface area contributed by atoms with Crippen LogP contribution in [0.5, 0.6) is 0 Å². The number of aromatic nitrogens is 2. The Hall–Kier alpha value is -3.77. The molecule has 0 aliphatic carbocycles. The number of hydrogen-bond acceptors (Lipinski definition) is 3. The van der Waals surface area contributed by atoms with Gasteiger partial charge in [0.15, 0.2) is 0 Å². The first kappa shape index (κ1) is 22.0. The lowest BCUT2D eigenvalue weighted by molar-refractivity contribution is 0.0782. The van der Waals surface area contributed by atoms with Crippen molar-refractivity contribution in [2.75, 3.05) is 13.6 Å². The van der Waals surface area contributed by atoms with E-state index >= 15 is 0 Å². The van der Waals surface area contributed by atoms with Gasteiger partial charge in [-0.1, -0.05) is 48.5 Å². The largest absolute Gasteiger partial charge is 0.336 e. The molecule has 0 unspecified atom stereocenters. The number of carbonyl (C=O) groups excluding carboxylic acids is 1. The van der Waals surface area contributed by atoms with Crippen molar-refractivity contribution in [3.8, 4) is 5.69 Å². The van der Waals surface area contributed by atoms with Gasteiger partial charge in [0.25, 0.3) is 5.91 Å². The molecule has 34 heavy (non-hydrogen) atoms. The number of halogens is 1. The quantitative estimate of drug-likeness (QED) is 0.419. The van der Waals surface area contributed by atoms with Crippen molar-refractivity contribution < 1.29 is 9.18 Å². The third-order valence-electron chi connectivity index (χ3n) is 6.29. The number of nitrogens with zero attached hydrogens (tertiary/aromatic N) is 4. The topological polar surface area (TPSA) is 41.4 Å². The molecule has 0 N–H and O–H groups in total. The Morgan fingerprint density at radius 2 is 1.65 bits per heavy atom. The summed E-state index contributed by atoms with van der Waals surface area (Å²) in [4.78, 5) is 17.1. The molecule has 1 aromatic heterocycles. The van der Waals surface area contributed by atoms with Crippen molar-refractivity contribution in [3.05, 3.63) is 119 Å². The number of carbonyl (C=O) groups is 1. The summed E-state index contributed by atoms with van der Waals surface area (Å²) in [5.74, 6) is -0.310. The Kier molecular flexibility index (Phi) is 6.23. The van der Waals surface area contributed by atoms with Gasteiger partial charge in [-0.05, 0) is 42.0 Å². The predicted octanol–water partition coefficient (Wildman–Crippen LogP) is 4.84. The molecule has 6 heteroatoms. The normalized spacial score (nSPS) is 13.5. The molecule has 172 valence electrons. The molecule has 0 spiro atoms. The third-order valence-corrected chi connectivity index (χ3v) is 6.29. The van der Waals surface area contributed by atoms with Crippen molar-refractivity contribution in [2.24, 2.45) is 0 Å². The molecule has 0 saturated heterocycles. The molecule has 5 rings (SSSR count). The molecule has 3 aromatic carbocycles. The van der Waals surface area contributed by atoms with E-state index in [1.165, 1.54) is 17.7 Å². The lowest BCUT2D eigenvalue weighted by Crippen LogP contribution is -2.32. The van der Waals surface area contributed by atoms with E-state index in [-0.39, 0.29) is 11.7 Å². The van der Waals surface area contributed by atoms with Crippen molar-refractivity contribution >= 4 is 5.91 Å². The van der Waals surface area contributed by atoms with Gasteiger partial charge in [0.05, 0.1) is 23.6 Å². The van der Waals surface area contributed by atoms with Gasteiger partial charge in [-0.3, -0.25) is 9.69 Å². The Labute approximate surface area is 199 Å². The van der Waals surface area contributed by atoms with Crippen LogP contribution in [0.4, 0.5) is 4.39 Å². The van der Waals surface area contributed by atoms with Crippen LogP contribution in [-0.2, 0) is 26.1 Å². The Morgan fingerprint density at radius 3 is 2.35 bits per heavy atom. The molecule has 0 saturated carbocycles. The minimum absolute atomic E-state index is 0.0392. The van der Waals surface area contributed by atoms with Gasteiger partial charge in [0.1, 0.15) is 5.82 Å². The zero-order chi connectivity index (χ0) is 23.5. The average molecular weight is 455 g/mol. The molecule has 4 aromatic rings.